The molecule has 10 heteroatoms. The van der Waals surface area contributed by atoms with E-state index < -0.39 is 0 Å². The molecule has 2 aliphatic heterocycles. The van der Waals surface area contributed by atoms with Crippen LogP contribution in [0.5, 0.6) is 5.75 Å². The first-order valence-electron chi connectivity index (χ1n) is 12.3. The zero-order chi connectivity index (χ0) is 24.4. The molecule has 0 bridgehead atoms. The van der Waals surface area contributed by atoms with E-state index in [0.717, 1.165) is 61.3 Å². The number of fused-ring (bicyclic) bond motifs is 2. The van der Waals surface area contributed by atoms with Crippen LogP contribution in [0.4, 0.5) is 10.3 Å². The topological polar surface area (TPSA) is 87.9 Å². The minimum Gasteiger partial charge on any atom is -0.493 e. The van der Waals surface area contributed by atoms with Gasteiger partial charge in [0.1, 0.15) is 17.9 Å². The third-order valence-electron chi connectivity index (χ3n) is 6.93. The number of likely N-dealkylation sites (N-methyl/N-ethyl adjacent to an activating group) is 1. The number of likely N-dealkylation sites (tertiary alicyclic amines) is 1. The number of rotatable bonds is 7. The van der Waals surface area contributed by atoms with Gasteiger partial charge in [-0.3, -0.25) is 9.20 Å². The second-order valence-corrected chi connectivity index (χ2v) is 9.59. The molecule has 9 nitrogen and oxygen atoms in total. The summed E-state index contributed by atoms with van der Waals surface area (Å²) < 4.78 is 21.9. The Kier molecular flexibility index (Phi) is 6.81. The molecule has 4 heterocycles. The van der Waals surface area contributed by atoms with Crippen molar-refractivity contribution in [3.8, 4) is 5.75 Å². The molecule has 0 saturated carbocycles. The van der Waals surface area contributed by atoms with E-state index in [-0.39, 0.29) is 17.6 Å². The molecule has 5 rings (SSSR count). The lowest BCUT2D eigenvalue weighted by Gasteiger charge is -2.22. The quantitative estimate of drug-likeness (QED) is 0.555. The van der Waals surface area contributed by atoms with E-state index in [0.29, 0.717) is 37.6 Å². The summed E-state index contributed by atoms with van der Waals surface area (Å²) in [5.74, 6) is 1.67. The van der Waals surface area contributed by atoms with E-state index in [9.17, 15) is 9.18 Å². The van der Waals surface area contributed by atoms with Gasteiger partial charge in [0.05, 0.1) is 13.2 Å². The van der Waals surface area contributed by atoms with E-state index in [2.05, 4.69) is 20.5 Å². The Morgan fingerprint density at radius 2 is 2.17 bits per heavy atom. The Hall–Kier alpha value is -3.27. The highest BCUT2D eigenvalue weighted by molar-refractivity contribution is 5.78. The number of anilines is 1. The summed E-state index contributed by atoms with van der Waals surface area (Å²) in [6, 6.07) is 3.19. The Labute approximate surface area is 204 Å². The number of ether oxygens (including phenoxy) is 1. The summed E-state index contributed by atoms with van der Waals surface area (Å²) in [5, 5.41) is 11.8. The third-order valence-corrected chi connectivity index (χ3v) is 6.93. The van der Waals surface area contributed by atoms with Gasteiger partial charge in [-0.1, -0.05) is 0 Å². The summed E-state index contributed by atoms with van der Waals surface area (Å²) in [5.41, 5.74) is 3.51. The fourth-order valence-electron chi connectivity index (χ4n) is 5.17. The van der Waals surface area contributed by atoms with Crippen LogP contribution in [0, 0.1) is 5.82 Å². The van der Waals surface area contributed by atoms with E-state index in [1.807, 2.05) is 34.5 Å². The normalized spacial score (nSPS) is 17.9. The van der Waals surface area contributed by atoms with Gasteiger partial charge in [0, 0.05) is 43.4 Å². The molecule has 1 fully saturated rings. The van der Waals surface area contributed by atoms with Crippen LogP contribution in [0.3, 0.4) is 0 Å². The van der Waals surface area contributed by atoms with Crippen molar-refractivity contribution in [1.29, 1.82) is 0 Å². The lowest BCUT2D eigenvalue weighted by Crippen LogP contribution is -2.38. The molecule has 1 atom stereocenters. The zero-order valence-corrected chi connectivity index (χ0v) is 20.3. The summed E-state index contributed by atoms with van der Waals surface area (Å²) in [7, 11) is 3.83. The average molecular weight is 482 g/mol. The zero-order valence-electron chi connectivity index (χ0n) is 20.3. The number of nitrogens with zero attached hydrogens (tertiary/aromatic N) is 6. The maximum Gasteiger partial charge on any atom is 0.236 e. The number of carbonyl (C=O) groups is 1. The van der Waals surface area contributed by atoms with Crippen molar-refractivity contribution in [3.63, 3.8) is 0 Å². The smallest absolute Gasteiger partial charge is 0.236 e. The number of carbonyl (C=O) groups excluding carboxylic acids is 1. The molecule has 0 unspecified atom stereocenters. The fraction of sp³-hybridized carbons (Fsp3) is 0.520. The predicted molar refractivity (Wildman–Crippen MR) is 130 cm³/mol. The molecule has 1 N–H and O–H groups in total. The van der Waals surface area contributed by atoms with Gasteiger partial charge in [0.2, 0.25) is 11.9 Å². The molecule has 1 saturated heterocycles. The van der Waals surface area contributed by atoms with Crippen LogP contribution in [0.15, 0.2) is 24.7 Å². The molecule has 186 valence electrons. The molecule has 35 heavy (non-hydrogen) atoms. The molecule has 1 amide bonds. The van der Waals surface area contributed by atoms with Crippen molar-refractivity contribution < 1.29 is 13.9 Å². The molecular formula is C25H32FN7O2. The molecule has 3 aromatic rings. The van der Waals surface area contributed by atoms with Crippen LogP contribution in [-0.2, 0) is 17.6 Å². The third kappa shape index (κ3) is 4.93. The highest BCUT2D eigenvalue weighted by Gasteiger charge is 2.25. The van der Waals surface area contributed by atoms with Crippen LogP contribution in [0.25, 0.3) is 5.65 Å². The number of hydrogen-bond acceptors (Lipinski definition) is 7. The number of aromatic nitrogens is 4. The first-order chi connectivity index (χ1) is 17.0. The lowest BCUT2D eigenvalue weighted by molar-refractivity contribution is -0.131. The summed E-state index contributed by atoms with van der Waals surface area (Å²) in [6.45, 7) is 3.08. The minimum absolute atomic E-state index is 0.174. The summed E-state index contributed by atoms with van der Waals surface area (Å²) in [6.07, 6.45) is 7.60. The van der Waals surface area contributed by atoms with Crippen LogP contribution >= 0.6 is 0 Å². The minimum atomic E-state index is -0.194. The molecule has 1 aromatic carbocycles. The van der Waals surface area contributed by atoms with Gasteiger partial charge in [0.15, 0.2) is 5.65 Å². The molecular weight excluding hydrogens is 449 g/mol. The first kappa shape index (κ1) is 23.5. The van der Waals surface area contributed by atoms with Gasteiger partial charge in [0.25, 0.3) is 0 Å². The van der Waals surface area contributed by atoms with Crippen LogP contribution in [0.1, 0.15) is 41.9 Å². The second kappa shape index (κ2) is 10.2. The SMILES string of the molecule is CN(C)CC(=O)N1CCC[C@@H](c2cnc(NCCc3c(F)ccc4c3CCO4)n3cnnc23)CC1. The number of halogens is 1. The summed E-state index contributed by atoms with van der Waals surface area (Å²) >= 11 is 0. The Balaban J connectivity index is 1.27. The Morgan fingerprint density at radius 3 is 3.03 bits per heavy atom. The summed E-state index contributed by atoms with van der Waals surface area (Å²) in [4.78, 5) is 21.1. The van der Waals surface area contributed by atoms with Gasteiger partial charge in [-0.05, 0) is 63.4 Å². The van der Waals surface area contributed by atoms with Gasteiger partial charge in [-0.25, -0.2) is 9.37 Å². The predicted octanol–water partition coefficient (Wildman–Crippen LogP) is 2.51. The van der Waals surface area contributed by atoms with Gasteiger partial charge in [-0.15, -0.1) is 10.2 Å². The molecule has 0 spiro atoms. The van der Waals surface area contributed by atoms with Crippen molar-refractivity contribution in [2.45, 2.75) is 38.0 Å². The number of benzene rings is 1. The maximum absolute atomic E-state index is 14.5. The van der Waals surface area contributed by atoms with Crippen LogP contribution in [0.2, 0.25) is 0 Å². The molecule has 0 aliphatic carbocycles. The molecule has 2 aromatic heterocycles. The maximum atomic E-state index is 14.5. The van der Waals surface area contributed by atoms with Crippen molar-refractivity contribution >= 4 is 17.5 Å². The highest BCUT2D eigenvalue weighted by atomic mass is 19.1. The van der Waals surface area contributed by atoms with Crippen LogP contribution < -0.4 is 10.1 Å². The van der Waals surface area contributed by atoms with Crippen LogP contribution in [-0.4, -0.2) is 82.2 Å². The van der Waals surface area contributed by atoms with Crippen molar-refractivity contribution in [2.75, 3.05) is 52.2 Å². The highest BCUT2D eigenvalue weighted by Crippen LogP contribution is 2.32. The van der Waals surface area contributed by atoms with Crippen molar-refractivity contribution in [3.05, 3.63) is 47.2 Å². The molecule has 2 aliphatic rings. The second-order valence-electron chi connectivity index (χ2n) is 9.59. The van der Waals surface area contributed by atoms with E-state index in [1.54, 1.807) is 12.4 Å². The van der Waals surface area contributed by atoms with E-state index in [1.165, 1.54) is 6.07 Å². The Bertz CT molecular complexity index is 1210. The molecule has 0 radical (unpaired) electrons. The largest absolute Gasteiger partial charge is 0.493 e. The fourth-order valence-corrected chi connectivity index (χ4v) is 5.17. The van der Waals surface area contributed by atoms with E-state index in [4.69, 9.17) is 4.74 Å². The first-order valence-corrected chi connectivity index (χ1v) is 12.3. The number of amides is 1. The lowest BCUT2D eigenvalue weighted by atomic mass is 9.94. The Morgan fingerprint density at radius 1 is 1.29 bits per heavy atom. The van der Waals surface area contributed by atoms with Gasteiger partial charge in [-0.2, -0.15) is 0 Å². The van der Waals surface area contributed by atoms with Crippen molar-refractivity contribution in [1.82, 2.24) is 29.4 Å². The van der Waals surface area contributed by atoms with Gasteiger partial charge >= 0.3 is 0 Å². The monoisotopic (exact) mass is 481 g/mol. The van der Waals surface area contributed by atoms with Crippen molar-refractivity contribution in [2.24, 2.45) is 0 Å². The number of hydrogen-bond donors (Lipinski definition) is 1. The standard InChI is InChI=1S/C25H32FN7O2/c1-31(2)15-23(34)32-11-3-4-17(8-12-32)20-14-28-25(33-16-29-30-24(20)33)27-10-7-18-19-9-13-35-22(19)6-5-21(18)26/h5-6,14,16-17H,3-4,7-13,15H2,1-2H3,(H,27,28)/t17-/m1/s1. The van der Waals surface area contributed by atoms with Gasteiger partial charge < -0.3 is 19.9 Å². The average Bonchev–Trinajstić information content (AvgIpc) is 3.45. The van der Waals surface area contributed by atoms with E-state index >= 15 is 0 Å². The number of nitrogens with one attached hydrogen (secondary N) is 1.